The van der Waals surface area contributed by atoms with Gasteiger partial charge in [-0.1, -0.05) is 17.7 Å². The number of pyridine rings is 1. The lowest BCUT2D eigenvalue weighted by molar-refractivity contribution is -0.139. The fourth-order valence-electron chi connectivity index (χ4n) is 3.13. The number of carbonyl (C=O) groups is 1. The van der Waals surface area contributed by atoms with Crippen molar-refractivity contribution in [2.45, 2.75) is 20.5 Å². The van der Waals surface area contributed by atoms with Gasteiger partial charge in [0, 0.05) is 23.9 Å². The molecule has 0 aliphatic carbocycles. The molecule has 162 valence electrons. The summed E-state index contributed by atoms with van der Waals surface area (Å²) in [5.74, 6) is -0.990. The number of aromatic nitrogens is 4. The van der Waals surface area contributed by atoms with Crippen molar-refractivity contribution in [2.24, 2.45) is 0 Å². The van der Waals surface area contributed by atoms with Crippen molar-refractivity contribution in [2.75, 3.05) is 0 Å². The topological polar surface area (TPSA) is 78.5 Å². The highest BCUT2D eigenvalue weighted by atomic mass is 35.5. The summed E-state index contributed by atoms with van der Waals surface area (Å²) in [5.41, 5.74) is 3.21. The summed E-state index contributed by atoms with van der Waals surface area (Å²) in [6.07, 6.45) is 4.42. The lowest BCUT2D eigenvalue weighted by atomic mass is 10.2. The van der Waals surface area contributed by atoms with Crippen LogP contribution in [-0.2, 0) is 16.1 Å². The van der Waals surface area contributed by atoms with Gasteiger partial charge in [0.1, 0.15) is 23.2 Å². The highest BCUT2D eigenvalue weighted by molar-refractivity contribution is 6.31. The first kappa shape index (κ1) is 21.5. The second-order valence-electron chi connectivity index (χ2n) is 7.14. The van der Waals surface area contributed by atoms with Gasteiger partial charge in [-0.15, -0.1) is 0 Å². The van der Waals surface area contributed by atoms with Crippen LogP contribution < -0.4 is 5.56 Å². The summed E-state index contributed by atoms with van der Waals surface area (Å²) in [5, 5.41) is 4.61. The summed E-state index contributed by atoms with van der Waals surface area (Å²) in [7, 11) is 0. The molecule has 0 aliphatic heterocycles. The molecule has 4 aromatic rings. The molecule has 0 bridgehead atoms. The van der Waals surface area contributed by atoms with E-state index in [1.165, 1.54) is 39.4 Å². The Morgan fingerprint density at radius 1 is 1.19 bits per heavy atom. The summed E-state index contributed by atoms with van der Waals surface area (Å²) in [6.45, 7) is 3.47. The summed E-state index contributed by atoms with van der Waals surface area (Å²) < 4.78 is 21.3. The van der Waals surface area contributed by atoms with Gasteiger partial charge in [-0.2, -0.15) is 5.10 Å². The number of nitrogens with zero attached hydrogens (tertiary/aromatic N) is 4. The van der Waals surface area contributed by atoms with Gasteiger partial charge in [0.05, 0.1) is 17.1 Å². The Balaban J connectivity index is 1.47. The Morgan fingerprint density at radius 3 is 2.69 bits per heavy atom. The highest BCUT2D eigenvalue weighted by Gasteiger charge is 2.13. The predicted octanol–water partition coefficient (Wildman–Crippen LogP) is 4.05. The van der Waals surface area contributed by atoms with Crippen LogP contribution in [-0.4, -0.2) is 25.1 Å². The monoisotopic (exact) mass is 452 g/mol. The third kappa shape index (κ3) is 4.45. The Bertz CT molecular complexity index is 1410. The Kier molecular flexibility index (Phi) is 5.87. The molecule has 0 atom stereocenters. The Morgan fingerprint density at radius 2 is 1.94 bits per heavy atom. The summed E-state index contributed by atoms with van der Waals surface area (Å²) in [6, 6.07) is 10.6. The van der Waals surface area contributed by atoms with Gasteiger partial charge in [0.15, 0.2) is 0 Å². The van der Waals surface area contributed by atoms with E-state index in [-0.39, 0.29) is 23.1 Å². The molecule has 0 radical (unpaired) electrons. The number of aryl methyl sites for hydroxylation is 2. The number of carbonyl (C=O) groups excluding carboxylic acids is 1. The number of hydrogen-bond acceptors (Lipinski definition) is 5. The van der Waals surface area contributed by atoms with Gasteiger partial charge in [-0.3, -0.25) is 9.20 Å². The number of benzene rings is 1. The minimum absolute atomic E-state index is 0.148. The van der Waals surface area contributed by atoms with E-state index in [1.54, 1.807) is 31.3 Å². The Hall–Kier alpha value is -3.78. The maximum absolute atomic E-state index is 13.2. The van der Waals surface area contributed by atoms with E-state index < -0.39 is 5.97 Å². The van der Waals surface area contributed by atoms with Crippen molar-refractivity contribution < 1.29 is 13.9 Å². The summed E-state index contributed by atoms with van der Waals surface area (Å²) in [4.78, 5) is 28.8. The molecule has 0 saturated carbocycles. The number of fused-ring (bicyclic) bond motifs is 1. The molecule has 3 aromatic heterocycles. The molecule has 7 nitrogen and oxygen atoms in total. The molecule has 1 aromatic carbocycles. The zero-order chi connectivity index (χ0) is 22.8. The fraction of sp³-hybridized carbons (Fsp3) is 0.130. The van der Waals surface area contributed by atoms with Gasteiger partial charge < -0.3 is 4.74 Å². The third-order valence-electron chi connectivity index (χ3n) is 4.73. The van der Waals surface area contributed by atoms with Crippen molar-refractivity contribution in [3.05, 3.63) is 98.6 Å². The molecule has 0 amide bonds. The quantitative estimate of drug-likeness (QED) is 0.337. The SMILES string of the molecule is Cc1ccc2nc(COC(=O)/C=C/c3c(C)nn(-c4ccc(F)cc4)c3Cl)cc(=O)n2c1. The Labute approximate surface area is 187 Å². The van der Waals surface area contributed by atoms with Crippen molar-refractivity contribution in [3.63, 3.8) is 0 Å². The predicted molar refractivity (Wildman–Crippen MR) is 118 cm³/mol. The number of ether oxygens (including phenoxy) is 1. The van der Waals surface area contributed by atoms with Crippen molar-refractivity contribution in [3.8, 4) is 5.69 Å². The summed E-state index contributed by atoms with van der Waals surface area (Å²) >= 11 is 6.40. The largest absolute Gasteiger partial charge is 0.456 e. The first-order chi connectivity index (χ1) is 15.3. The molecule has 0 unspecified atom stereocenters. The fourth-order valence-corrected chi connectivity index (χ4v) is 3.47. The number of halogens is 2. The van der Waals surface area contributed by atoms with E-state index >= 15 is 0 Å². The molecule has 0 N–H and O–H groups in total. The molecule has 0 fully saturated rings. The maximum atomic E-state index is 13.2. The average molecular weight is 453 g/mol. The molecule has 0 saturated heterocycles. The van der Waals surface area contributed by atoms with E-state index in [4.69, 9.17) is 16.3 Å². The van der Waals surface area contributed by atoms with Crippen LogP contribution in [0.25, 0.3) is 17.4 Å². The van der Waals surface area contributed by atoms with Crippen LogP contribution >= 0.6 is 11.6 Å². The minimum atomic E-state index is -0.624. The van der Waals surface area contributed by atoms with Crippen LogP contribution in [0.15, 0.2) is 59.5 Å². The van der Waals surface area contributed by atoms with E-state index in [0.29, 0.717) is 28.3 Å². The van der Waals surface area contributed by atoms with Crippen molar-refractivity contribution in [1.29, 1.82) is 0 Å². The van der Waals surface area contributed by atoms with Crippen LogP contribution in [0, 0.1) is 19.7 Å². The molecule has 32 heavy (non-hydrogen) atoms. The average Bonchev–Trinajstić information content (AvgIpc) is 3.05. The third-order valence-corrected chi connectivity index (χ3v) is 5.09. The minimum Gasteiger partial charge on any atom is -0.456 e. The molecule has 0 aliphatic rings. The van der Waals surface area contributed by atoms with Crippen molar-refractivity contribution >= 4 is 29.3 Å². The van der Waals surface area contributed by atoms with Gasteiger partial charge in [-0.25, -0.2) is 18.9 Å². The lowest BCUT2D eigenvalue weighted by Crippen LogP contribution is -2.16. The molecular formula is C23H18ClFN4O3. The normalized spacial score (nSPS) is 11.4. The zero-order valence-corrected chi connectivity index (χ0v) is 18.0. The van der Waals surface area contributed by atoms with Gasteiger partial charge in [0.2, 0.25) is 0 Å². The molecular weight excluding hydrogens is 435 g/mol. The van der Waals surface area contributed by atoms with Gasteiger partial charge in [-0.05, 0) is 55.8 Å². The lowest BCUT2D eigenvalue weighted by Gasteiger charge is -2.05. The van der Waals surface area contributed by atoms with Crippen LogP contribution in [0.5, 0.6) is 0 Å². The molecule has 3 heterocycles. The van der Waals surface area contributed by atoms with E-state index in [9.17, 15) is 14.0 Å². The van der Waals surface area contributed by atoms with Crippen LogP contribution in [0.4, 0.5) is 4.39 Å². The van der Waals surface area contributed by atoms with Crippen LogP contribution in [0.3, 0.4) is 0 Å². The second-order valence-corrected chi connectivity index (χ2v) is 7.50. The van der Waals surface area contributed by atoms with Crippen molar-refractivity contribution in [1.82, 2.24) is 19.2 Å². The zero-order valence-electron chi connectivity index (χ0n) is 17.3. The van der Waals surface area contributed by atoms with Crippen LogP contribution in [0.2, 0.25) is 5.15 Å². The highest BCUT2D eigenvalue weighted by Crippen LogP contribution is 2.25. The second kappa shape index (κ2) is 8.76. The number of rotatable bonds is 5. The van der Waals surface area contributed by atoms with E-state index in [1.807, 2.05) is 13.0 Å². The molecule has 0 spiro atoms. The first-order valence-corrected chi connectivity index (χ1v) is 10.0. The molecule has 9 heteroatoms. The first-order valence-electron chi connectivity index (χ1n) is 9.66. The maximum Gasteiger partial charge on any atom is 0.331 e. The molecule has 4 rings (SSSR count). The van der Waals surface area contributed by atoms with E-state index in [2.05, 4.69) is 10.1 Å². The van der Waals surface area contributed by atoms with E-state index in [0.717, 1.165) is 5.56 Å². The van der Waals surface area contributed by atoms with Gasteiger partial charge >= 0.3 is 5.97 Å². The van der Waals surface area contributed by atoms with Gasteiger partial charge in [0.25, 0.3) is 5.56 Å². The smallest absolute Gasteiger partial charge is 0.331 e. The number of esters is 1. The van der Waals surface area contributed by atoms with Crippen LogP contribution in [0.1, 0.15) is 22.5 Å². The number of hydrogen-bond donors (Lipinski definition) is 0. The standard InChI is InChI=1S/C23H18ClFN4O3/c1-14-3-9-20-26-17(11-21(30)28(20)12-14)13-32-22(31)10-8-19-15(2)27-29(23(19)24)18-6-4-16(25)5-7-18/h3-12H,13H2,1-2H3/b10-8+.